The van der Waals surface area contributed by atoms with Gasteiger partial charge in [0.25, 0.3) is 11.4 Å². The summed E-state index contributed by atoms with van der Waals surface area (Å²) in [4.78, 5) is 110. The number of nitro groups is 2. The Labute approximate surface area is 342 Å². The minimum absolute atomic E-state index is 0.0306. The van der Waals surface area contributed by atoms with Crippen LogP contribution >= 0.6 is 0 Å². The molecule has 0 fully saturated rings. The van der Waals surface area contributed by atoms with Crippen molar-refractivity contribution >= 4 is 58.7 Å². The van der Waals surface area contributed by atoms with Crippen LogP contribution in [0.25, 0.3) is 0 Å². The number of non-ortho nitro benzene ring substituents is 1. The number of alkyl carbamates (subject to hydrolysis) is 1. The predicted molar refractivity (Wildman–Crippen MR) is 210 cm³/mol. The summed E-state index contributed by atoms with van der Waals surface area (Å²) in [5.41, 5.74) is 0.819. The number of ketones is 1. The van der Waals surface area contributed by atoms with E-state index >= 15 is 0 Å². The van der Waals surface area contributed by atoms with Gasteiger partial charge in [-0.2, -0.15) is 0 Å². The number of unbranched alkanes of at least 4 members (excludes halogenated alkanes) is 1. The van der Waals surface area contributed by atoms with Crippen LogP contribution in [0, 0.1) is 34.1 Å². The maximum atomic E-state index is 13.8. The molecule has 3 amide bonds. The van der Waals surface area contributed by atoms with Crippen molar-refractivity contribution in [3.8, 4) is 0 Å². The monoisotopic (exact) mass is 836 g/mol. The summed E-state index contributed by atoms with van der Waals surface area (Å²) in [6.45, 7) is 2.22. The molecule has 3 aromatic carbocycles. The lowest BCUT2D eigenvalue weighted by atomic mass is 10.0. The molecular weight excluding hydrogens is 792 g/mol. The van der Waals surface area contributed by atoms with Crippen LogP contribution in [0.4, 0.5) is 21.9 Å². The quantitative estimate of drug-likeness (QED) is 0.0324. The molecule has 3 rings (SSSR count). The van der Waals surface area contributed by atoms with Crippen molar-refractivity contribution in [1.29, 1.82) is 0 Å². The lowest BCUT2D eigenvalue weighted by Gasteiger charge is -2.25. The van der Waals surface area contributed by atoms with Gasteiger partial charge in [-0.05, 0) is 62.3 Å². The molecule has 0 aliphatic heterocycles. The lowest BCUT2D eigenvalue weighted by molar-refractivity contribution is -0.393. The Morgan fingerprint density at radius 3 is 1.95 bits per heavy atom. The number of rotatable bonds is 24. The Morgan fingerprint density at radius 2 is 1.35 bits per heavy atom. The topological polar surface area (TPSA) is 313 Å². The maximum absolute atomic E-state index is 13.8. The number of nitro benzene ring substituents is 2. The first-order chi connectivity index (χ1) is 28.5. The molecule has 0 radical (unpaired) electrons. The van der Waals surface area contributed by atoms with Crippen molar-refractivity contribution in [3.63, 3.8) is 0 Å². The molecule has 21 nitrogen and oxygen atoms in total. The Hall–Kier alpha value is -7.45. The number of ether oxygens (including phenoxy) is 2. The van der Waals surface area contributed by atoms with Gasteiger partial charge in [-0.3, -0.25) is 44.2 Å². The number of amides is 3. The van der Waals surface area contributed by atoms with E-state index in [9.17, 15) is 64.0 Å². The normalized spacial score (nSPS) is 12.1. The van der Waals surface area contributed by atoms with Crippen LogP contribution in [0.1, 0.15) is 65.6 Å². The number of carboxylic acids is 2. The van der Waals surface area contributed by atoms with E-state index in [1.54, 1.807) is 62.4 Å². The summed E-state index contributed by atoms with van der Waals surface area (Å²) in [6, 6.07) is 11.7. The van der Waals surface area contributed by atoms with Crippen molar-refractivity contribution in [3.05, 3.63) is 109 Å². The van der Waals surface area contributed by atoms with Gasteiger partial charge in [0, 0.05) is 19.0 Å². The molecule has 6 N–H and O–H groups in total. The number of benzene rings is 3. The Kier molecular flexibility index (Phi) is 18.1. The van der Waals surface area contributed by atoms with Gasteiger partial charge in [-0.25, -0.2) is 9.59 Å². The Bertz CT molecular complexity index is 2060. The smallest absolute Gasteiger partial charge is 0.408 e. The summed E-state index contributed by atoms with van der Waals surface area (Å²) in [5, 5.41) is 51.3. The van der Waals surface area contributed by atoms with Gasteiger partial charge >= 0.3 is 24.0 Å². The van der Waals surface area contributed by atoms with E-state index in [0.29, 0.717) is 16.7 Å². The van der Waals surface area contributed by atoms with Crippen molar-refractivity contribution in [1.82, 2.24) is 16.0 Å². The summed E-state index contributed by atoms with van der Waals surface area (Å²) in [5.74, 6) is -6.77. The molecule has 320 valence electrons. The summed E-state index contributed by atoms with van der Waals surface area (Å²) in [6.07, 6.45) is -3.01. The van der Waals surface area contributed by atoms with E-state index in [4.69, 9.17) is 9.47 Å². The Morgan fingerprint density at radius 1 is 0.717 bits per heavy atom. The first-order valence-electron chi connectivity index (χ1n) is 18.4. The van der Waals surface area contributed by atoms with Crippen LogP contribution in [0.2, 0.25) is 0 Å². The molecule has 60 heavy (non-hydrogen) atoms. The van der Waals surface area contributed by atoms with Crippen molar-refractivity contribution in [2.24, 2.45) is 0 Å². The molecule has 3 atom stereocenters. The SMILES string of the molecule is Cc1cccc(C)c1C(=O)OCC(=O)[C@H](CC(=O)O)NC(=O)[C@H](CCCCNc1ccc([N+](=O)[O-])cc1[N+](=O)[O-])NC(=O)[C@H](CCC(=O)O)NC(=O)OCc1ccccc1. The lowest BCUT2D eigenvalue weighted by Crippen LogP contribution is -2.56. The molecule has 0 aliphatic rings. The van der Waals surface area contributed by atoms with Gasteiger partial charge in [0.05, 0.1) is 27.9 Å². The van der Waals surface area contributed by atoms with Gasteiger partial charge in [0.2, 0.25) is 11.8 Å². The van der Waals surface area contributed by atoms with Crippen LogP contribution in [0.15, 0.2) is 66.7 Å². The van der Waals surface area contributed by atoms with Gasteiger partial charge < -0.3 is 41.0 Å². The molecule has 3 aromatic rings. The molecule has 0 heterocycles. The highest BCUT2D eigenvalue weighted by atomic mass is 16.6. The number of Topliss-reactive ketones (excluding diaryl/α,β-unsaturated/α-hetero) is 1. The van der Waals surface area contributed by atoms with Crippen LogP contribution < -0.4 is 21.3 Å². The summed E-state index contributed by atoms with van der Waals surface area (Å²) >= 11 is 0. The maximum Gasteiger partial charge on any atom is 0.408 e. The predicted octanol–water partition coefficient (Wildman–Crippen LogP) is 3.73. The first-order valence-corrected chi connectivity index (χ1v) is 18.4. The second-order valence-electron chi connectivity index (χ2n) is 13.4. The number of nitrogens with zero attached hydrogens (tertiary/aromatic N) is 2. The number of nitrogens with one attached hydrogen (secondary N) is 4. The van der Waals surface area contributed by atoms with Crippen molar-refractivity contribution in [2.75, 3.05) is 18.5 Å². The zero-order chi connectivity index (χ0) is 44.4. The van der Waals surface area contributed by atoms with E-state index in [1.807, 2.05) is 0 Å². The van der Waals surface area contributed by atoms with Crippen molar-refractivity contribution in [2.45, 2.75) is 77.1 Å². The first kappa shape index (κ1) is 46.9. The molecule has 0 aromatic heterocycles. The van der Waals surface area contributed by atoms with E-state index < -0.39 is 107 Å². The Balaban J connectivity index is 1.79. The third kappa shape index (κ3) is 15.1. The second kappa shape index (κ2) is 23.1. The number of hydrogen-bond donors (Lipinski definition) is 6. The van der Waals surface area contributed by atoms with Gasteiger partial charge in [-0.1, -0.05) is 48.5 Å². The number of carbonyl (C=O) groups is 7. The highest BCUT2D eigenvalue weighted by Crippen LogP contribution is 2.29. The molecular formula is C39H44N6O15. The number of esters is 1. The number of aryl methyl sites for hydroxylation is 2. The highest BCUT2D eigenvalue weighted by molar-refractivity contribution is 5.98. The fourth-order valence-electron chi connectivity index (χ4n) is 5.75. The van der Waals surface area contributed by atoms with E-state index in [1.165, 1.54) is 0 Å². The van der Waals surface area contributed by atoms with Gasteiger partial charge in [-0.15, -0.1) is 0 Å². The standard InChI is InChI=1S/C39H44N6O15/c1-23-9-8-10-24(2)35(23)38(53)59-22-32(46)30(20-34(49)50)42-36(51)28(13-6-7-18-40-27-15-14-26(44(55)56)19-31(27)45(57)58)41-37(52)29(16-17-33(47)48)43-39(54)60-21-25-11-4-3-5-12-25/h3-5,8-12,14-15,19,28-30,40H,6-7,13,16-18,20-22H2,1-2H3,(H,41,52)(H,42,51)(H,43,54)(H,47,48)(H,49,50)/t28-,29-,30-/m0/s1. The molecule has 0 unspecified atom stereocenters. The van der Waals surface area contributed by atoms with E-state index in [0.717, 1.165) is 18.2 Å². The number of carbonyl (C=O) groups excluding carboxylic acids is 5. The molecule has 0 saturated heterocycles. The minimum atomic E-state index is -1.75. The number of hydrogen-bond acceptors (Lipinski definition) is 14. The third-order valence-corrected chi connectivity index (χ3v) is 8.84. The zero-order valence-corrected chi connectivity index (χ0v) is 32.5. The largest absolute Gasteiger partial charge is 0.481 e. The van der Waals surface area contributed by atoms with Crippen molar-refractivity contribution < 1.29 is 63.1 Å². The number of carboxylic acid groups (broad SMARTS) is 2. The highest BCUT2D eigenvalue weighted by Gasteiger charge is 2.32. The molecule has 0 aliphatic carbocycles. The fraction of sp³-hybridized carbons (Fsp3) is 0.359. The average Bonchev–Trinajstić information content (AvgIpc) is 3.19. The van der Waals surface area contributed by atoms with E-state index in [2.05, 4.69) is 21.3 Å². The van der Waals surface area contributed by atoms with Crippen LogP contribution in [0.3, 0.4) is 0 Å². The van der Waals surface area contributed by atoms with E-state index in [-0.39, 0.29) is 43.7 Å². The minimum Gasteiger partial charge on any atom is -0.481 e. The van der Waals surface area contributed by atoms with Crippen LogP contribution in [-0.4, -0.2) is 92.9 Å². The zero-order valence-electron chi connectivity index (χ0n) is 32.5. The molecule has 21 heteroatoms. The fourth-order valence-corrected chi connectivity index (χ4v) is 5.75. The summed E-state index contributed by atoms with van der Waals surface area (Å²) in [7, 11) is 0. The van der Waals surface area contributed by atoms with Crippen LogP contribution in [-0.2, 0) is 40.1 Å². The number of anilines is 1. The third-order valence-electron chi connectivity index (χ3n) is 8.84. The molecule has 0 saturated carbocycles. The molecule has 0 spiro atoms. The molecule has 0 bridgehead atoms. The van der Waals surface area contributed by atoms with Crippen LogP contribution in [0.5, 0.6) is 0 Å². The summed E-state index contributed by atoms with van der Waals surface area (Å²) < 4.78 is 10.3. The number of aliphatic carboxylic acids is 2. The van der Waals surface area contributed by atoms with Gasteiger partial charge in [0.15, 0.2) is 12.4 Å². The van der Waals surface area contributed by atoms with Gasteiger partial charge in [0.1, 0.15) is 30.4 Å². The average molecular weight is 837 g/mol. The second-order valence-corrected chi connectivity index (χ2v) is 13.4.